The molecular formula is C20H38N4O7S12. The molecule has 0 aromatic rings. The van der Waals surface area contributed by atoms with Crippen LogP contribution in [0.25, 0.3) is 0 Å². The van der Waals surface area contributed by atoms with Gasteiger partial charge in [-0.2, -0.15) is 4.89 Å². The van der Waals surface area contributed by atoms with Crippen LogP contribution in [-0.4, -0.2) is 127 Å². The summed E-state index contributed by atoms with van der Waals surface area (Å²) in [4.78, 5) is 41.3. The van der Waals surface area contributed by atoms with Gasteiger partial charge in [-0.1, -0.05) is 23.5 Å². The number of hydrogen-bond acceptors (Lipinski definition) is 20. The fourth-order valence-electron chi connectivity index (χ4n) is 1.75. The summed E-state index contributed by atoms with van der Waals surface area (Å²) < 4.78 is 11.3. The number of aliphatic hydroxyl groups is 2. The minimum Gasteiger partial charge on any atom is -0.396 e. The summed E-state index contributed by atoms with van der Waals surface area (Å²) in [6.07, 6.45) is 1.31. The molecule has 1 atom stereocenters. The molecule has 0 fully saturated rings. The molecule has 0 heterocycles. The summed E-state index contributed by atoms with van der Waals surface area (Å²) in [6.45, 7) is -0.0950. The third-order valence-corrected chi connectivity index (χ3v) is 16.3. The standard InChI is InChI=1S/C20H38N4O7S12/c25-1-3-41-19(27)23-8-34-14-37-12-32-6-21-5-30-31-11-36-16-39-17-40-18-42-20(28)24-9-35-15-38-13-33-7-22-10-43(29)4-2-26/h5,10,25-26H,1-4,6-9,11-18H2,(H,23,27)(H,24,28). The number of carbonyl (C=O) groups excluding carboxylic acids is 2. The summed E-state index contributed by atoms with van der Waals surface area (Å²) in [6, 6.07) is 0. The smallest absolute Gasteiger partial charge is 0.280 e. The minimum atomic E-state index is -1.18. The monoisotopic (exact) mass is 830 g/mol. The summed E-state index contributed by atoms with van der Waals surface area (Å²) in [5.74, 6) is 3.33. The van der Waals surface area contributed by atoms with Crippen LogP contribution in [0.2, 0.25) is 0 Å². The van der Waals surface area contributed by atoms with Crippen molar-refractivity contribution in [1.82, 2.24) is 10.6 Å². The molecule has 0 aliphatic heterocycles. The van der Waals surface area contributed by atoms with E-state index in [4.69, 9.17) is 20.0 Å². The van der Waals surface area contributed by atoms with Gasteiger partial charge in [0.05, 0.1) is 58.8 Å². The average molecular weight is 831 g/mol. The van der Waals surface area contributed by atoms with Crippen LogP contribution >= 0.6 is 129 Å². The van der Waals surface area contributed by atoms with Crippen molar-refractivity contribution in [3.05, 3.63) is 0 Å². The Kier molecular flexibility index (Phi) is 40.2. The maximum Gasteiger partial charge on any atom is 0.280 e. The van der Waals surface area contributed by atoms with Gasteiger partial charge in [0.1, 0.15) is 5.94 Å². The Balaban J connectivity index is 3.27. The Hall–Kier alpha value is 1.96. The summed E-state index contributed by atoms with van der Waals surface area (Å²) in [7, 11) is -1.18. The fourth-order valence-corrected chi connectivity index (χ4v) is 12.8. The number of thioether (sulfide) groups is 11. The first-order valence-corrected chi connectivity index (χ1v) is 25.7. The number of hydrogen-bond donors (Lipinski definition) is 4. The van der Waals surface area contributed by atoms with Crippen molar-refractivity contribution in [2.45, 2.75) is 0 Å². The molecule has 0 radical (unpaired) electrons. The minimum absolute atomic E-state index is 0.00315. The number of nitrogens with zero attached hydrogens (tertiary/aromatic N) is 2. The molecule has 1 unspecified atom stereocenters. The Morgan fingerprint density at radius 1 is 0.698 bits per heavy atom. The zero-order valence-electron chi connectivity index (χ0n) is 23.2. The molecule has 0 saturated heterocycles. The molecule has 2 amide bonds. The van der Waals surface area contributed by atoms with Crippen LogP contribution in [0.5, 0.6) is 0 Å². The van der Waals surface area contributed by atoms with Gasteiger partial charge in [0, 0.05) is 41.3 Å². The van der Waals surface area contributed by atoms with E-state index < -0.39 is 10.8 Å². The maximum atomic E-state index is 11.9. The summed E-state index contributed by atoms with van der Waals surface area (Å²) >= 11 is 17.5. The highest BCUT2D eigenvalue weighted by Gasteiger charge is 2.02. The van der Waals surface area contributed by atoms with E-state index in [1.165, 1.54) is 23.7 Å². The predicted molar refractivity (Wildman–Crippen MR) is 210 cm³/mol. The van der Waals surface area contributed by atoms with Gasteiger partial charge in [-0.3, -0.25) is 18.8 Å². The topological polar surface area (TPSA) is 159 Å². The molecule has 0 bridgehead atoms. The Morgan fingerprint density at radius 2 is 1.26 bits per heavy atom. The highest BCUT2D eigenvalue weighted by atomic mass is 32.3. The number of aliphatic imine (C=N–C) groups is 2. The van der Waals surface area contributed by atoms with Gasteiger partial charge in [0.25, 0.3) is 10.5 Å². The second-order valence-corrected chi connectivity index (χ2v) is 21.3. The van der Waals surface area contributed by atoms with E-state index in [2.05, 4.69) is 20.6 Å². The van der Waals surface area contributed by atoms with Crippen molar-refractivity contribution >= 4 is 163 Å². The molecular weight excluding hydrogens is 793 g/mol. The molecule has 0 aromatic heterocycles. The maximum absolute atomic E-state index is 11.9. The van der Waals surface area contributed by atoms with E-state index in [1.54, 1.807) is 106 Å². The number of nitrogens with one attached hydrogen (secondary N) is 2. The first kappa shape index (κ1) is 45.0. The number of carbonyl (C=O) groups is 2. The summed E-state index contributed by atoms with van der Waals surface area (Å²) in [5, 5.41) is 28.8. The highest BCUT2D eigenvalue weighted by Crippen LogP contribution is 2.22. The van der Waals surface area contributed by atoms with Crippen LogP contribution in [0.15, 0.2) is 9.98 Å². The van der Waals surface area contributed by atoms with E-state index in [9.17, 15) is 13.8 Å². The van der Waals surface area contributed by atoms with Crippen molar-refractivity contribution in [2.75, 3.05) is 89.8 Å². The van der Waals surface area contributed by atoms with Gasteiger partial charge in [-0.15, -0.1) is 106 Å². The lowest BCUT2D eigenvalue weighted by atomic mass is 10.9. The molecule has 43 heavy (non-hydrogen) atoms. The summed E-state index contributed by atoms with van der Waals surface area (Å²) in [5.41, 5.74) is 1.39. The van der Waals surface area contributed by atoms with Crippen LogP contribution in [0.1, 0.15) is 0 Å². The van der Waals surface area contributed by atoms with Crippen LogP contribution < -0.4 is 10.6 Å². The second kappa shape index (κ2) is 38.4. The molecule has 0 spiro atoms. The Morgan fingerprint density at radius 3 is 1.91 bits per heavy atom. The Labute approximate surface area is 303 Å². The lowest BCUT2D eigenvalue weighted by Crippen LogP contribution is -2.18. The van der Waals surface area contributed by atoms with Gasteiger partial charge >= 0.3 is 0 Å². The molecule has 252 valence electrons. The third-order valence-electron chi connectivity index (χ3n) is 3.37. The van der Waals surface area contributed by atoms with Crippen molar-refractivity contribution < 1.29 is 33.8 Å². The number of rotatable bonds is 31. The van der Waals surface area contributed by atoms with Crippen molar-refractivity contribution in [2.24, 2.45) is 9.98 Å². The second-order valence-electron chi connectivity index (χ2n) is 6.57. The van der Waals surface area contributed by atoms with E-state index in [0.717, 1.165) is 42.3 Å². The SMILES string of the molecule is O=C(NCSCSCSCN=COOCSCSCSCSC(=O)NCSCSCSCN=CS(=O)CCO)SCCO. The zero-order valence-corrected chi connectivity index (χ0v) is 33.0. The van der Waals surface area contributed by atoms with Crippen LogP contribution in [0, 0.1) is 0 Å². The lowest BCUT2D eigenvalue weighted by molar-refractivity contribution is -0.196. The molecule has 0 aliphatic carbocycles. The molecule has 0 saturated carbocycles. The normalized spacial score (nSPS) is 12.2. The van der Waals surface area contributed by atoms with E-state index in [0.29, 0.717) is 40.3 Å². The van der Waals surface area contributed by atoms with Gasteiger partial charge in [-0.05, 0) is 0 Å². The van der Waals surface area contributed by atoms with E-state index >= 15 is 0 Å². The van der Waals surface area contributed by atoms with Crippen molar-refractivity contribution in [1.29, 1.82) is 0 Å². The van der Waals surface area contributed by atoms with E-state index in [-0.39, 0.29) is 29.4 Å². The number of amides is 2. The first-order valence-electron chi connectivity index (χ1n) is 12.0. The molecule has 0 aliphatic rings. The predicted octanol–water partition coefficient (Wildman–Crippen LogP) is 5.70. The third kappa shape index (κ3) is 38.3. The largest absolute Gasteiger partial charge is 0.396 e. The molecule has 0 aromatic carbocycles. The van der Waals surface area contributed by atoms with Crippen LogP contribution in [0.4, 0.5) is 9.59 Å². The van der Waals surface area contributed by atoms with Gasteiger partial charge in [0.2, 0.25) is 6.40 Å². The van der Waals surface area contributed by atoms with Gasteiger partial charge in [0.15, 0.2) is 0 Å². The quantitative estimate of drug-likeness (QED) is 0.0168. The molecule has 4 N–H and O–H groups in total. The average Bonchev–Trinajstić information content (AvgIpc) is 3.00. The van der Waals surface area contributed by atoms with Crippen LogP contribution in [0.3, 0.4) is 0 Å². The lowest BCUT2D eigenvalue weighted by Gasteiger charge is -2.05. The van der Waals surface area contributed by atoms with Gasteiger partial charge < -0.3 is 25.7 Å². The zero-order chi connectivity index (χ0) is 31.5. The van der Waals surface area contributed by atoms with Crippen LogP contribution in [-0.2, 0) is 20.6 Å². The van der Waals surface area contributed by atoms with Crippen molar-refractivity contribution in [3.8, 4) is 0 Å². The highest BCUT2D eigenvalue weighted by molar-refractivity contribution is 8.29. The molecule has 0 rings (SSSR count). The number of aliphatic hydroxyl groups excluding tert-OH is 2. The molecule has 23 heteroatoms. The van der Waals surface area contributed by atoms with Crippen molar-refractivity contribution in [3.63, 3.8) is 0 Å². The van der Waals surface area contributed by atoms with E-state index in [1.807, 2.05) is 0 Å². The van der Waals surface area contributed by atoms with Gasteiger partial charge in [-0.25, -0.2) is 4.99 Å². The first-order chi connectivity index (χ1) is 21.1. The Bertz CT molecular complexity index is 750. The molecule has 11 nitrogen and oxygen atoms in total. The fraction of sp³-hybridized carbons (Fsp3) is 0.800.